The Labute approximate surface area is 121 Å². The molecule has 1 atom stereocenters. The van der Waals surface area contributed by atoms with Crippen molar-refractivity contribution in [2.45, 2.75) is 39.3 Å². The lowest BCUT2D eigenvalue weighted by atomic mass is 10.1. The molecule has 21 heavy (non-hydrogen) atoms. The van der Waals surface area contributed by atoms with Gasteiger partial charge in [0.15, 0.2) is 0 Å². The van der Waals surface area contributed by atoms with Gasteiger partial charge in [-0.1, -0.05) is 5.16 Å². The summed E-state index contributed by atoms with van der Waals surface area (Å²) in [7, 11) is 0. The highest BCUT2D eigenvalue weighted by Crippen LogP contribution is 2.13. The zero-order chi connectivity index (χ0) is 14.8. The maximum absolute atomic E-state index is 11.8. The molecule has 0 spiro atoms. The van der Waals surface area contributed by atoms with E-state index in [2.05, 4.69) is 25.9 Å². The Hall–Kier alpha value is -2.22. The fourth-order valence-corrected chi connectivity index (χ4v) is 2.44. The predicted octanol–water partition coefficient (Wildman–Crippen LogP) is 0.426. The number of carbonyl (C=O) groups is 1. The van der Waals surface area contributed by atoms with Gasteiger partial charge in [0.05, 0.1) is 18.8 Å². The molecule has 8 nitrogen and oxygen atoms in total. The molecule has 0 unspecified atom stereocenters. The van der Waals surface area contributed by atoms with Crippen LogP contribution in [0.2, 0.25) is 0 Å². The van der Waals surface area contributed by atoms with E-state index >= 15 is 0 Å². The molecule has 8 heteroatoms. The molecule has 2 aromatic heterocycles. The summed E-state index contributed by atoms with van der Waals surface area (Å²) in [5.41, 5.74) is 0.736. The molecule has 0 bridgehead atoms. The van der Waals surface area contributed by atoms with Crippen LogP contribution in [0, 0.1) is 13.8 Å². The van der Waals surface area contributed by atoms with Gasteiger partial charge >= 0.3 is 0 Å². The Balaban J connectivity index is 1.48. The lowest BCUT2D eigenvalue weighted by Crippen LogP contribution is -2.41. The number of aromatic nitrogens is 4. The highest BCUT2D eigenvalue weighted by atomic mass is 16.5. The largest absolute Gasteiger partial charge is 0.338 e. The number of aryl methyl sites for hydroxylation is 3. The second-order valence-corrected chi connectivity index (χ2v) is 5.25. The first-order valence-corrected chi connectivity index (χ1v) is 6.97. The summed E-state index contributed by atoms with van der Waals surface area (Å²) in [6, 6.07) is 1.91. The number of fused-ring (bicyclic) bond motifs is 1. The average molecular weight is 290 g/mol. The maximum atomic E-state index is 11.8. The molecule has 0 saturated carbocycles. The van der Waals surface area contributed by atoms with Crippen molar-refractivity contribution in [3.05, 3.63) is 23.4 Å². The monoisotopic (exact) mass is 290 g/mol. The molecule has 0 fully saturated rings. The van der Waals surface area contributed by atoms with Crippen molar-refractivity contribution in [3.63, 3.8) is 0 Å². The van der Waals surface area contributed by atoms with Crippen molar-refractivity contribution in [3.8, 4) is 0 Å². The summed E-state index contributed by atoms with van der Waals surface area (Å²) >= 11 is 0. The first kappa shape index (κ1) is 13.7. The van der Waals surface area contributed by atoms with Crippen LogP contribution in [0.25, 0.3) is 0 Å². The number of nitrogens with one attached hydrogen (secondary N) is 2. The second-order valence-electron chi connectivity index (χ2n) is 5.25. The minimum Gasteiger partial charge on any atom is -0.338 e. The topological polar surface area (TPSA) is 97.9 Å². The highest BCUT2D eigenvalue weighted by molar-refractivity contribution is 5.90. The van der Waals surface area contributed by atoms with Crippen molar-refractivity contribution >= 4 is 11.8 Å². The van der Waals surface area contributed by atoms with Crippen LogP contribution in [0.3, 0.4) is 0 Å². The van der Waals surface area contributed by atoms with Gasteiger partial charge in [0.25, 0.3) is 0 Å². The van der Waals surface area contributed by atoms with E-state index in [1.54, 1.807) is 13.0 Å². The van der Waals surface area contributed by atoms with Crippen molar-refractivity contribution in [1.29, 1.82) is 0 Å². The SMILES string of the molecule is Cc1cc(NC(=O)CN[C@@H]2CCc3nc(C)nn3C2)on1. The van der Waals surface area contributed by atoms with Crippen LogP contribution in [-0.4, -0.2) is 38.4 Å². The number of rotatable bonds is 4. The fraction of sp³-hybridized carbons (Fsp3) is 0.538. The molecule has 0 aliphatic carbocycles. The molecule has 1 aliphatic rings. The van der Waals surface area contributed by atoms with Crippen LogP contribution in [0.15, 0.2) is 10.6 Å². The van der Waals surface area contributed by atoms with Gasteiger partial charge in [-0.2, -0.15) is 5.10 Å². The van der Waals surface area contributed by atoms with Gasteiger partial charge in [-0.15, -0.1) is 0 Å². The Morgan fingerprint density at radius 1 is 1.52 bits per heavy atom. The highest BCUT2D eigenvalue weighted by Gasteiger charge is 2.21. The normalized spacial score (nSPS) is 17.5. The van der Waals surface area contributed by atoms with Gasteiger partial charge < -0.3 is 9.84 Å². The minimum absolute atomic E-state index is 0.147. The Kier molecular flexibility index (Phi) is 3.70. The van der Waals surface area contributed by atoms with E-state index in [1.807, 2.05) is 11.6 Å². The second kappa shape index (κ2) is 5.65. The standard InChI is InChI=1S/C13H18N6O2/c1-8-5-13(21-18-8)16-12(20)6-14-10-3-4-11-15-9(2)17-19(11)7-10/h5,10,14H,3-4,6-7H2,1-2H3,(H,16,20)/t10-/m1/s1. The summed E-state index contributed by atoms with van der Waals surface area (Å²) in [4.78, 5) is 16.2. The van der Waals surface area contributed by atoms with E-state index in [1.165, 1.54) is 0 Å². The van der Waals surface area contributed by atoms with E-state index in [0.717, 1.165) is 36.7 Å². The number of carbonyl (C=O) groups excluding carboxylic acids is 1. The summed E-state index contributed by atoms with van der Waals surface area (Å²) < 4.78 is 6.85. The van der Waals surface area contributed by atoms with Gasteiger partial charge in [0.2, 0.25) is 11.8 Å². The quantitative estimate of drug-likeness (QED) is 0.847. The maximum Gasteiger partial charge on any atom is 0.240 e. The van der Waals surface area contributed by atoms with Gasteiger partial charge in [-0.05, 0) is 20.3 Å². The molecule has 1 aliphatic heterocycles. The summed E-state index contributed by atoms with van der Waals surface area (Å²) in [6.45, 7) is 4.66. The first-order chi connectivity index (χ1) is 10.1. The third-order valence-corrected chi connectivity index (χ3v) is 3.41. The van der Waals surface area contributed by atoms with Crippen LogP contribution in [0.1, 0.15) is 23.8 Å². The lowest BCUT2D eigenvalue weighted by molar-refractivity contribution is -0.115. The molecule has 3 rings (SSSR count). The van der Waals surface area contributed by atoms with Gasteiger partial charge in [-0.3, -0.25) is 10.1 Å². The molecule has 3 heterocycles. The van der Waals surface area contributed by atoms with Gasteiger partial charge in [-0.25, -0.2) is 9.67 Å². The Morgan fingerprint density at radius 3 is 3.14 bits per heavy atom. The molecular weight excluding hydrogens is 272 g/mol. The van der Waals surface area contributed by atoms with Crippen LogP contribution >= 0.6 is 0 Å². The number of nitrogens with zero attached hydrogens (tertiary/aromatic N) is 4. The number of hydrogen-bond donors (Lipinski definition) is 2. The van der Waals surface area contributed by atoms with Crippen molar-refractivity contribution < 1.29 is 9.32 Å². The summed E-state index contributed by atoms with van der Waals surface area (Å²) in [5, 5.41) is 14.0. The zero-order valence-corrected chi connectivity index (χ0v) is 12.1. The zero-order valence-electron chi connectivity index (χ0n) is 12.1. The first-order valence-electron chi connectivity index (χ1n) is 6.97. The third kappa shape index (κ3) is 3.27. The van der Waals surface area contributed by atoms with Crippen molar-refractivity contribution in [1.82, 2.24) is 25.2 Å². The van der Waals surface area contributed by atoms with E-state index in [9.17, 15) is 4.79 Å². The van der Waals surface area contributed by atoms with Crippen LogP contribution < -0.4 is 10.6 Å². The Morgan fingerprint density at radius 2 is 2.38 bits per heavy atom. The van der Waals surface area contributed by atoms with Gasteiger partial charge in [0.1, 0.15) is 11.6 Å². The number of hydrogen-bond acceptors (Lipinski definition) is 6. The van der Waals surface area contributed by atoms with E-state index in [4.69, 9.17) is 4.52 Å². The van der Waals surface area contributed by atoms with Crippen molar-refractivity contribution in [2.24, 2.45) is 0 Å². The van der Waals surface area contributed by atoms with E-state index in [0.29, 0.717) is 5.88 Å². The molecular formula is C13H18N6O2. The molecule has 2 N–H and O–H groups in total. The smallest absolute Gasteiger partial charge is 0.240 e. The van der Waals surface area contributed by atoms with E-state index in [-0.39, 0.29) is 18.5 Å². The van der Waals surface area contributed by atoms with Gasteiger partial charge in [0, 0.05) is 18.5 Å². The molecule has 1 amide bonds. The van der Waals surface area contributed by atoms with Crippen LogP contribution in [0.5, 0.6) is 0 Å². The lowest BCUT2D eigenvalue weighted by Gasteiger charge is -2.23. The van der Waals surface area contributed by atoms with Crippen LogP contribution in [0.4, 0.5) is 5.88 Å². The van der Waals surface area contributed by atoms with Crippen molar-refractivity contribution in [2.75, 3.05) is 11.9 Å². The molecule has 0 aromatic carbocycles. The summed E-state index contributed by atoms with van der Waals surface area (Å²) in [5.74, 6) is 2.04. The van der Waals surface area contributed by atoms with E-state index < -0.39 is 0 Å². The summed E-state index contributed by atoms with van der Waals surface area (Å²) in [6.07, 6.45) is 1.83. The molecule has 112 valence electrons. The molecule has 2 aromatic rings. The number of anilines is 1. The minimum atomic E-state index is -0.147. The van der Waals surface area contributed by atoms with Crippen LogP contribution in [-0.2, 0) is 17.8 Å². The number of amides is 1. The third-order valence-electron chi connectivity index (χ3n) is 3.41. The molecule has 0 saturated heterocycles. The average Bonchev–Trinajstić information content (AvgIpc) is 3.00. The Bertz CT molecular complexity index is 647. The molecule has 0 radical (unpaired) electrons. The predicted molar refractivity (Wildman–Crippen MR) is 74.7 cm³/mol. The fourth-order valence-electron chi connectivity index (χ4n) is 2.44.